The molecule has 3 N–H and O–H groups in total. The second kappa shape index (κ2) is 9.11. The zero-order valence-electron chi connectivity index (χ0n) is 20.0. The molecule has 1 aromatic carbocycles. The predicted octanol–water partition coefficient (Wildman–Crippen LogP) is 3.66. The second-order valence-corrected chi connectivity index (χ2v) is 9.45. The van der Waals surface area contributed by atoms with Gasteiger partial charge in [0.2, 0.25) is 0 Å². The van der Waals surface area contributed by atoms with Gasteiger partial charge < -0.3 is 9.99 Å². The number of nitrogen functional groups attached to an aromatic ring is 1. The quantitative estimate of drug-likeness (QED) is 0.268. The molecule has 10 nitrogen and oxygen atoms in total. The molecule has 0 bridgehead atoms. The number of hydrogen-bond donors (Lipinski definition) is 2. The molecule has 0 saturated heterocycles. The van der Waals surface area contributed by atoms with E-state index >= 15 is 0 Å². The van der Waals surface area contributed by atoms with Gasteiger partial charge in [0.25, 0.3) is 0 Å². The van der Waals surface area contributed by atoms with E-state index in [2.05, 4.69) is 21.5 Å². The molecule has 4 heterocycles. The number of nitriles is 1. The number of hydrogen-bond acceptors (Lipinski definition) is 7. The van der Waals surface area contributed by atoms with E-state index in [1.807, 2.05) is 48.3 Å². The van der Waals surface area contributed by atoms with E-state index in [9.17, 15) is 10.1 Å². The molecular formula is C25H24ClN9O. The topological polar surface area (TPSA) is 132 Å². The number of aryl methyl sites for hydroxylation is 1. The largest absolute Gasteiger partial charge is 0.351 e. The maximum absolute atomic E-state index is 12.9. The van der Waals surface area contributed by atoms with Crippen LogP contribution in [0.15, 0.2) is 47.5 Å². The van der Waals surface area contributed by atoms with E-state index in [4.69, 9.17) is 22.5 Å². The standard InChI is InChI=1S/C25H24ClN9O/c1-14(2)11-34-24-20(23(31-28)30-25(34)36)22(19-9-15(10-27)12-33(19)3)35(32-24)13-16-7-8-29-21-17(16)5-4-6-18(21)26/h4-9,12,14H,11,13,28H2,1-3H3,(H,30,31,36). The van der Waals surface area contributed by atoms with E-state index < -0.39 is 5.69 Å². The molecule has 4 aromatic heterocycles. The molecule has 0 aliphatic heterocycles. The highest BCUT2D eigenvalue weighted by atomic mass is 35.5. The van der Waals surface area contributed by atoms with E-state index in [1.54, 1.807) is 29.1 Å². The van der Waals surface area contributed by atoms with Crippen LogP contribution in [-0.4, -0.2) is 28.9 Å². The Hall–Kier alpha value is -4.20. The number of fused-ring (bicyclic) bond motifs is 2. The van der Waals surface area contributed by atoms with Crippen LogP contribution in [0.1, 0.15) is 25.0 Å². The Bertz CT molecular complexity index is 1720. The summed E-state index contributed by atoms with van der Waals surface area (Å²) in [5, 5.41) is 16.5. The molecule has 11 heteroatoms. The molecule has 182 valence electrons. The minimum Gasteiger partial charge on any atom is -0.348 e. The highest BCUT2D eigenvalue weighted by Crippen LogP contribution is 2.34. The van der Waals surface area contributed by atoms with Gasteiger partial charge >= 0.3 is 5.69 Å². The summed E-state index contributed by atoms with van der Waals surface area (Å²) in [4.78, 5) is 21.6. The van der Waals surface area contributed by atoms with E-state index in [0.29, 0.717) is 45.9 Å². The minimum absolute atomic E-state index is 0.185. The smallest absolute Gasteiger partial charge is 0.348 e. The summed E-state index contributed by atoms with van der Waals surface area (Å²) in [6.45, 7) is 4.84. The zero-order valence-corrected chi connectivity index (χ0v) is 20.8. The number of rotatable bonds is 6. The molecule has 0 unspecified atom stereocenters. The van der Waals surface area contributed by atoms with Crippen LogP contribution < -0.4 is 17.0 Å². The Morgan fingerprint density at radius 3 is 2.78 bits per heavy atom. The molecule has 0 radical (unpaired) electrons. The number of nitrogens with two attached hydrogens (primary N) is 1. The van der Waals surface area contributed by atoms with E-state index in [1.165, 1.54) is 0 Å². The molecule has 5 rings (SSSR count). The first-order chi connectivity index (χ1) is 17.3. The third-order valence-corrected chi connectivity index (χ3v) is 6.36. The highest BCUT2D eigenvalue weighted by molar-refractivity contribution is 6.35. The number of nitrogens with one attached hydrogen (secondary N) is 1. The van der Waals surface area contributed by atoms with Crippen molar-refractivity contribution in [2.24, 2.45) is 18.8 Å². The number of para-hydroxylation sites is 1. The number of aromatic nitrogens is 6. The SMILES string of the molecule is CC(C)Cn1c(=O)nc(NN)c2c(-c3cc(C#N)cn3C)n(Cc3ccnc4c(Cl)cccc34)nc21. The summed E-state index contributed by atoms with van der Waals surface area (Å²) in [7, 11) is 1.86. The number of benzene rings is 1. The van der Waals surface area contributed by atoms with Crippen molar-refractivity contribution in [3.63, 3.8) is 0 Å². The molecule has 0 spiro atoms. The monoisotopic (exact) mass is 501 g/mol. The first kappa shape index (κ1) is 23.5. The molecular weight excluding hydrogens is 478 g/mol. The molecule has 36 heavy (non-hydrogen) atoms. The fourth-order valence-corrected chi connectivity index (χ4v) is 4.75. The van der Waals surface area contributed by atoms with Gasteiger partial charge in [0.15, 0.2) is 11.5 Å². The maximum Gasteiger partial charge on any atom is 0.351 e. The number of hydrazine groups is 1. The zero-order chi connectivity index (χ0) is 25.6. The number of pyridine rings is 1. The lowest BCUT2D eigenvalue weighted by Gasteiger charge is -2.12. The summed E-state index contributed by atoms with van der Waals surface area (Å²) in [6, 6.07) is 11.5. The first-order valence-electron chi connectivity index (χ1n) is 11.4. The summed E-state index contributed by atoms with van der Waals surface area (Å²) >= 11 is 6.40. The van der Waals surface area contributed by atoms with Crippen LogP contribution in [0.2, 0.25) is 5.02 Å². The van der Waals surface area contributed by atoms with Crippen LogP contribution in [0.4, 0.5) is 5.82 Å². The lowest BCUT2D eigenvalue weighted by molar-refractivity contribution is 0.512. The molecule has 0 amide bonds. The fourth-order valence-electron chi connectivity index (χ4n) is 4.53. The molecule has 0 atom stereocenters. The normalized spacial score (nSPS) is 11.5. The Morgan fingerprint density at radius 2 is 2.08 bits per heavy atom. The molecule has 0 aliphatic rings. The summed E-state index contributed by atoms with van der Waals surface area (Å²) < 4.78 is 5.23. The average Bonchev–Trinajstić information content (AvgIpc) is 3.41. The van der Waals surface area contributed by atoms with Crippen molar-refractivity contribution < 1.29 is 0 Å². The van der Waals surface area contributed by atoms with Gasteiger partial charge in [-0.25, -0.2) is 10.6 Å². The van der Waals surface area contributed by atoms with E-state index in [-0.39, 0.29) is 11.7 Å². The number of anilines is 1. The molecule has 0 fully saturated rings. The lowest BCUT2D eigenvalue weighted by atomic mass is 10.1. The van der Waals surface area contributed by atoms with Crippen molar-refractivity contribution in [1.29, 1.82) is 5.26 Å². The van der Waals surface area contributed by atoms with Crippen LogP contribution in [0.25, 0.3) is 33.3 Å². The van der Waals surface area contributed by atoms with Crippen molar-refractivity contribution in [2.75, 3.05) is 5.43 Å². The van der Waals surface area contributed by atoms with Crippen LogP contribution in [-0.2, 0) is 20.1 Å². The second-order valence-electron chi connectivity index (χ2n) is 9.04. The summed E-state index contributed by atoms with van der Waals surface area (Å²) in [5.74, 6) is 6.23. The van der Waals surface area contributed by atoms with Crippen molar-refractivity contribution in [1.82, 2.24) is 28.9 Å². The van der Waals surface area contributed by atoms with Crippen molar-refractivity contribution in [3.05, 3.63) is 69.4 Å². The Labute approximate surface area is 211 Å². The maximum atomic E-state index is 12.9. The van der Waals surface area contributed by atoms with Crippen molar-refractivity contribution >= 4 is 39.4 Å². The highest BCUT2D eigenvalue weighted by Gasteiger charge is 2.24. The van der Waals surface area contributed by atoms with Crippen LogP contribution in [0, 0.1) is 17.2 Å². The van der Waals surface area contributed by atoms with Crippen LogP contribution in [0.5, 0.6) is 0 Å². The summed E-state index contributed by atoms with van der Waals surface area (Å²) in [6.07, 6.45) is 3.46. The van der Waals surface area contributed by atoms with Gasteiger partial charge in [0.05, 0.1) is 39.4 Å². The summed E-state index contributed by atoms with van der Waals surface area (Å²) in [5.41, 5.74) is 6.15. The molecule has 0 aliphatic carbocycles. The Balaban J connectivity index is 1.85. The Kier molecular flexibility index (Phi) is 5.96. The lowest BCUT2D eigenvalue weighted by Crippen LogP contribution is -2.27. The van der Waals surface area contributed by atoms with Gasteiger partial charge in [-0.1, -0.05) is 37.6 Å². The molecule has 5 aromatic rings. The number of nitrogens with zero attached hydrogens (tertiary/aromatic N) is 7. The first-order valence-corrected chi connectivity index (χ1v) is 11.8. The fraction of sp³-hybridized carbons (Fsp3) is 0.240. The van der Waals surface area contributed by atoms with Crippen LogP contribution >= 0.6 is 11.6 Å². The number of halogens is 1. The van der Waals surface area contributed by atoms with Gasteiger partial charge in [-0.3, -0.25) is 14.2 Å². The van der Waals surface area contributed by atoms with Gasteiger partial charge in [-0.15, -0.1) is 0 Å². The molecule has 0 saturated carbocycles. The van der Waals surface area contributed by atoms with Crippen molar-refractivity contribution in [3.8, 4) is 17.5 Å². The predicted molar refractivity (Wildman–Crippen MR) is 139 cm³/mol. The Morgan fingerprint density at radius 1 is 1.28 bits per heavy atom. The van der Waals surface area contributed by atoms with E-state index in [0.717, 1.165) is 16.6 Å². The van der Waals surface area contributed by atoms with Gasteiger partial charge in [-0.2, -0.15) is 15.3 Å². The van der Waals surface area contributed by atoms with Gasteiger partial charge in [-0.05, 0) is 29.7 Å². The third-order valence-electron chi connectivity index (χ3n) is 6.06. The van der Waals surface area contributed by atoms with Crippen LogP contribution in [0.3, 0.4) is 0 Å². The van der Waals surface area contributed by atoms with Crippen molar-refractivity contribution in [2.45, 2.75) is 26.9 Å². The average molecular weight is 502 g/mol. The third kappa shape index (κ3) is 3.88. The van der Waals surface area contributed by atoms with Gasteiger partial charge in [0, 0.05) is 31.4 Å². The van der Waals surface area contributed by atoms with Gasteiger partial charge in [0.1, 0.15) is 6.07 Å². The minimum atomic E-state index is -0.439.